The summed E-state index contributed by atoms with van der Waals surface area (Å²) in [6.45, 7) is 4.12. The van der Waals surface area contributed by atoms with Gasteiger partial charge in [0, 0.05) is 5.92 Å². The third-order valence-electron chi connectivity index (χ3n) is 3.68. The molecule has 2 aromatic rings. The van der Waals surface area contributed by atoms with Crippen molar-refractivity contribution in [1.82, 2.24) is 15.0 Å². The van der Waals surface area contributed by atoms with E-state index < -0.39 is 0 Å². The SMILES string of the molecule is CCC(CC)c1c(CO)nnn1-c1ccc(OC)c(Cl)c1. The molecule has 0 saturated carbocycles. The molecular formula is C15H20ClN3O2. The van der Waals surface area contributed by atoms with Crippen LogP contribution in [-0.4, -0.2) is 27.2 Å². The predicted octanol–water partition coefficient (Wildman–Crippen LogP) is 3.33. The fourth-order valence-corrected chi connectivity index (χ4v) is 2.75. The van der Waals surface area contributed by atoms with Crippen molar-refractivity contribution in [3.8, 4) is 11.4 Å². The minimum Gasteiger partial charge on any atom is -0.495 e. The number of ether oxygens (including phenoxy) is 1. The highest BCUT2D eigenvalue weighted by Gasteiger charge is 2.21. The van der Waals surface area contributed by atoms with Crippen LogP contribution < -0.4 is 4.74 Å². The Bertz CT molecular complexity index is 609. The first-order valence-corrected chi connectivity index (χ1v) is 7.43. The van der Waals surface area contributed by atoms with Crippen molar-refractivity contribution in [2.75, 3.05) is 7.11 Å². The molecule has 0 aliphatic heterocycles. The second-order valence-electron chi connectivity index (χ2n) is 4.82. The van der Waals surface area contributed by atoms with Gasteiger partial charge in [-0.25, -0.2) is 4.68 Å². The van der Waals surface area contributed by atoms with Crippen LogP contribution in [0.15, 0.2) is 18.2 Å². The average Bonchev–Trinajstić information content (AvgIpc) is 2.92. The summed E-state index contributed by atoms with van der Waals surface area (Å²) < 4.78 is 6.92. The average molecular weight is 310 g/mol. The van der Waals surface area contributed by atoms with Gasteiger partial charge in [-0.1, -0.05) is 30.7 Å². The molecule has 1 N–H and O–H groups in total. The third kappa shape index (κ3) is 3.04. The molecule has 0 spiro atoms. The fraction of sp³-hybridized carbons (Fsp3) is 0.467. The van der Waals surface area contributed by atoms with Gasteiger partial charge < -0.3 is 9.84 Å². The quantitative estimate of drug-likeness (QED) is 0.889. The van der Waals surface area contributed by atoms with Gasteiger partial charge in [0.1, 0.15) is 11.4 Å². The van der Waals surface area contributed by atoms with Crippen LogP contribution in [0.4, 0.5) is 0 Å². The monoisotopic (exact) mass is 309 g/mol. The van der Waals surface area contributed by atoms with Crippen molar-refractivity contribution >= 4 is 11.6 Å². The summed E-state index contributed by atoms with van der Waals surface area (Å²) in [6.07, 6.45) is 1.92. The largest absolute Gasteiger partial charge is 0.495 e. The van der Waals surface area contributed by atoms with Gasteiger partial charge in [-0.3, -0.25) is 0 Å². The Morgan fingerprint density at radius 2 is 2.05 bits per heavy atom. The standard InChI is InChI=1S/C15H20ClN3O2/c1-4-10(5-2)15-13(9-20)17-18-19(15)11-6-7-14(21-3)12(16)8-11/h6-8,10,20H,4-5,9H2,1-3H3. The van der Waals surface area contributed by atoms with Gasteiger partial charge in [-0.05, 0) is 31.0 Å². The summed E-state index contributed by atoms with van der Waals surface area (Å²) in [5.74, 6) is 0.912. The first kappa shape index (κ1) is 15.8. The number of halogens is 1. The first-order chi connectivity index (χ1) is 10.2. The van der Waals surface area contributed by atoms with Gasteiger partial charge in [0.25, 0.3) is 0 Å². The molecule has 0 atom stereocenters. The maximum absolute atomic E-state index is 9.49. The predicted molar refractivity (Wildman–Crippen MR) is 82.2 cm³/mol. The van der Waals surface area contributed by atoms with E-state index in [9.17, 15) is 5.11 Å². The van der Waals surface area contributed by atoms with Crippen LogP contribution >= 0.6 is 11.6 Å². The van der Waals surface area contributed by atoms with Crippen molar-refractivity contribution in [2.24, 2.45) is 0 Å². The highest BCUT2D eigenvalue weighted by Crippen LogP contribution is 2.31. The van der Waals surface area contributed by atoms with E-state index in [0.29, 0.717) is 22.4 Å². The molecule has 0 radical (unpaired) electrons. The van der Waals surface area contributed by atoms with E-state index in [2.05, 4.69) is 24.2 Å². The number of hydrogen-bond acceptors (Lipinski definition) is 4. The molecule has 0 saturated heterocycles. The molecule has 0 unspecified atom stereocenters. The number of aliphatic hydroxyl groups excluding tert-OH is 1. The molecule has 0 aliphatic carbocycles. The van der Waals surface area contributed by atoms with Gasteiger partial charge in [-0.2, -0.15) is 0 Å². The van der Waals surface area contributed by atoms with Crippen molar-refractivity contribution in [3.63, 3.8) is 0 Å². The lowest BCUT2D eigenvalue weighted by Gasteiger charge is -2.16. The number of benzene rings is 1. The van der Waals surface area contributed by atoms with E-state index in [4.69, 9.17) is 16.3 Å². The topological polar surface area (TPSA) is 60.2 Å². The van der Waals surface area contributed by atoms with Gasteiger partial charge in [-0.15, -0.1) is 5.10 Å². The zero-order valence-electron chi connectivity index (χ0n) is 12.5. The molecule has 5 nitrogen and oxygen atoms in total. The van der Waals surface area contributed by atoms with Crippen LogP contribution in [0.5, 0.6) is 5.75 Å². The second-order valence-corrected chi connectivity index (χ2v) is 5.23. The molecule has 2 rings (SSSR count). The molecular weight excluding hydrogens is 290 g/mol. The summed E-state index contributed by atoms with van der Waals surface area (Å²) in [6, 6.07) is 5.48. The Kier molecular flexibility index (Phi) is 5.20. The smallest absolute Gasteiger partial charge is 0.137 e. The van der Waals surface area contributed by atoms with Crippen molar-refractivity contribution in [2.45, 2.75) is 39.2 Å². The Labute approximate surface area is 129 Å². The minimum absolute atomic E-state index is 0.115. The Hall–Kier alpha value is -1.59. The molecule has 0 fully saturated rings. The molecule has 1 aromatic heterocycles. The second kappa shape index (κ2) is 6.91. The van der Waals surface area contributed by atoms with Gasteiger partial charge >= 0.3 is 0 Å². The Morgan fingerprint density at radius 3 is 2.57 bits per heavy atom. The molecule has 1 heterocycles. The summed E-state index contributed by atoms with van der Waals surface area (Å²) >= 11 is 6.18. The maximum atomic E-state index is 9.49. The number of hydrogen-bond donors (Lipinski definition) is 1. The number of aromatic nitrogens is 3. The van der Waals surface area contributed by atoms with Crippen LogP contribution in [-0.2, 0) is 6.61 Å². The van der Waals surface area contributed by atoms with Crippen LogP contribution in [0.25, 0.3) is 5.69 Å². The van der Waals surface area contributed by atoms with Crippen LogP contribution in [0, 0.1) is 0 Å². The molecule has 0 bridgehead atoms. The van der Waals surface area contributed by atoms with Gasteiger partial charge in [0.15, 0.2) is 0 Å². The lowest BCUT2D eigenvalue weighted by Crippen LogP contribution is -2.09. The van der Waals surface area contributed by atoms with Crippen molar-refractivity contribution in [3.05, 3.63) is 34.6 Å². The van der Waals surface area contributed by atoms with E-state index in [-0.39, 0.29) is 6.61 Å². The summed E-state index contributed by atoms with van der Waals surface area (Å²) in [5.41, 5.74) is 2.38. The van der Waals surface area contributed by atoms with E-state index in [0.717, 1.165) is 24.2 Å². The van der Waals surface area contributed by atoms with E-state index >= 15 is 0 Å². The lowest BCUT2D eigenvalue weighted by molar-refractivity contribution is 0.274. The zero-order valence-corrected chi connectivity index (χ0v) is 13.3. The Morgan fingerprint density at radius 1 is 1.33 bits per heavy atom. The summed E-state index contributed by atoms with van der Waals surface area (Å²) in [4.78, 5) is 0. The first-order valence-electron chi connectivity index (χ1n) is 7.05. The van der Waals surface area contributed by atoms with E-state index in [1.54, 1.807) is 23.9 Å². The third-order valence-corrected chi connectivity index (χ3v) is 3.98. The van der Waals surface area contributed by atoms with E-state index in [1.807, 2.05) is 6.07 Å². The van der Waals surface area contributed by atoms with Crippen LogP contribution in [0.1, 0.15) is 44.0 Å². The number of nitrogens with zero attached hydrogens (tertiary/aromatic N) is 3. The number of rotatable bonds is 6. The van der Waals surface area contributed by atoms with Gasteiger partial charge in [0.05, 0.1) is 30.1 Å². The zero-order chi connectivity index (χ0) is 15.4. The molecule has 0 amide bonds. The molecule has 1 aromatic carbocycles. The fourth-order valence-electron chi connectivity index (χ4n) is 2.49. The van der Waals surface area contributed by atoms with Crippen molar-refractivity contribution < 1.29 is 9.84 Å². The maximum Gasteiger partial charge on any atom is 0.137 e. The highest BCUT2D eigenvalue weighted by molar-refractivity contribution is 6.32. The lowest BCUT2D eigenvalue weighted by atomic mass is 9.97. The van der Waals surface area contributed by atoms with Crippen molar-refractivity contribution in [1.29, 1.82) is 0 Å². The molecule has 6 heteroatoms. The Balaban J connectivity index is 2.53. The van der Waals surface area contributed by atoms with Gasteiger partial charge in [0.2, 0.25) is 0 Å². The normalized spacial score (nSPS) is 11.1. The molecule has 114 valence electrons. The molecule has 21 heavy (non-hydrogen) atoms. The van der Waals surface area contributed by atoms with Crippen LogP contribution in [0.3, 0.4) is 0 Å². The minimum atomic E-state index is -0.115. The molecule has 0 aliphatic rings. The van der Waals surface area contributed by atoms with E-state index in [1.165, 1.54) is 0 Å². The number of methoxy groups -OCH3 is 1. The van der Waals surface area contributed by atoms with Crippen LogP contribution in [0.2, 0.25) is 5.02 Å². The summed E-state index contributed by atoms with van der Waals surface area (Å²) in [5, 5.41) is 18.3. The highest BCUT2D eigenvalue weighted by atomic mass is 35.5. The number of aliphatic hydroxyl groups is 1. The summed E-state index contributed by atoms with van der Waals surface area (Å²) in [7, 11) is 1.58.